The SMILES string of the molecule is Cc1cc(C)cc(C2=NC3(CC(F)(F)F)CCCCC3(C)c3c(C)cc(C)cc32)c1. The largest absolute Gasteiger partial charge is 0.391 e. The topological polar surface area (TPSA) is 12.4 Å². The molecule has 0 spiro atoms. The van der Waals surface area contributed by atoms with Gasteiger partial charge < -0.3 is 0 Å². The quantitative estimate of drug-likeness (QED) is 0.490. The van der Waals surface area contributed by atoms with E-state index in [0.717, 1.165) is 63.9 Å². The average molecular weight is 414 g/mol. The Hall–Kier alpha value is -2.10. The van der Waals surface area contributed by atoms with Crippen LogP contribution in [0.3, 0.4) is 0 Å². The molecule has 2 aromatic carbocycles. The summed E-state index contributed by atoms with van der Waals surface area (Å²) in [5.41, 5.74) is 6.37. The van der Waals surface area contributed by atoms with Crippen molar-refractivity contribution in [2.24, 2.45) is 4.99 Å². The Morgan fingerprint density at radius 1 is 0.867 bits per heavy atom. The first-order valence-electron chi connectivity index (χ1n) is 10.8. The number of halogens is 3. The van der Waals surface area contributed by atoms with Crippen molar-refractivity contribution >= 4 is 5.71 Å². The van der Waals surface area contributed by atoms with E-state index in [9.17, 15) is 13.2 Å². The number of rotatable bonds is 2. The fourth-order valence-corrected chi connectivity index (χ4v) is 6.09. The third-order valence-electron chi connectivity index (χ3n) is 7.14. The molecule has 0 amide bonds. The third-order valence-corrected chi connectivity index (χ3v) is 7.14. The van der Waals surface area contributed by atoms with E-state index >= 15 is 0 Å². The van der Waals surface area contributed by atoms with Gasteiger partial charge in [-0.05, 0) is 69.9 Å². The molecule has 1 aliphatic carbocycles. The van der Waals surface area contributed by atoms with Gasteiger partial charge in [0.2, 0.25) is 0 Å². The van der Waals surface area contributed by atoms with Crippen molar-refractivity contribution in [1.82, 2.24) is 0 Å². The molecule has 4 rings (SSSR count). The maximum absolute atomic E-state index is 13.9. The Morgan fingerprint density at radius 2 is 1.47 bits per heavy atom. The van der Waals surface area contributed by atoms with Crippen LogP contribution < -0.4 is 0 Å². The number of nitrogens with zero attached hydrogens (tertiary/aromatic N) is 1. The minimum Gasteiger partial charge on any atom is -0.276 e. The first-order chi connectivity index (χ1) is 13.9. The Labute approximate surface area is 177 Å². The normalized spacial score (nSPS) is 26.1. The first kappa shape index (κ1) is 21.1. The van der Waals surface area contributed by atoms with Crippen molar-refractivity contribution in [2.45, 2.75) is 83.9 Å². The molecular formula is C26H30F3N. The van der Waals surface area contributed by atoms with Gasteiger partial charge in [0.1, 0.15) is 0 Å². The number of hydrogen-bond acceptors (Lipinski definition) is 1. The van der Waals surface area contributed by atoms with Crippen LogP contribution in [0.2, 0.25) is 0 Å². The lowest BCUT2D eigenvalue weighted by molar-refractivity contribution is -0.156. The minimum absolute atomic E-state index is 0.476. The van der Waals surface area contributed by atoms with Crippen molar-refractivity contribution in [1.29, 1.82) is 0 Å². The van der Waals surface area contributed by atoms with Gasteiger partial charge in [0.05, 0.1) is 17.7 Å². The lowest BCUT2D eigenvalue weighted by atomic mass is 9.54. The lowest BCUT2D eigenvalue weighted by Gasteiger charge is -2.54. The molecular weight excluding hydrogens is 383 g/mol. The smallest absolute Gasteiger partial charge is 0.276 e. The van der Waals surface area contributed by atoms with Gasteiger partial charge in [0.25, 0.3) is 0 Å². The summed E-state index contributed by atoms with van der Waals surface area (Å²) in [5.74, 6) is 0. The number of alkyl halides is 3. The van der Waals surface area contributed by atoms with Crippen LogP contribution in [0.15, 0.2) is 35.3 Å². The van der Waals surface area contributed by atoms with Gasteiger partial charge in [-0.25, -0.2) is 0 Å². The summed E-state index contributed by atoms with van der Waals surface area (Å²) >= 11 is 0. The van der Waals surface area contributed by atoms with Crippen LogP contribution >= 0.6 is 0 Å². The zero-order valence-electron chi connectivity index (χ0n) is 18.5. The summed E-state index contributed by atoms with van der Waals surface area (Å²) in [4.78, 5) is 5.07. The van der Waals surface area contributed by atoms with E-state index in [1.807, 2.05) is 27.7 Å². The van der Waals surface area contributed by atoms with E-state index in [2.05, 4.69) is 37.3 Å². The molecule has 1 heterocycles. The van der Waals surface area contributed by atoms with Crippen LogP contribution in [0.25, 0.3) is 0 Å². The van der Waals surface area contributed by atoms with Crippen LogP contribution in [-0.4, -0.2) is 17.4 Å². The highest BCUT2D eigenvalue weighted by Crippen LogP contribution is 2.57. The summed E-state index contributed by atoms with van der Waals surface area (Å²) in [6.07, 6.45) is -2.18. The molecule has 1 fully saturated rings. The molecule has 0 saturated heterocycles. The van der Waals surface area contributed by atoms with E-state index < -0.39 is 23.6 Å². The van der Waals surface area contributed by atoms with E-state index in [-0.39, 0.29) is 0 Å². The molecule has 0 aromatic heterocycles. The number of aryl methyl sites for hydroxylation is 4. The second-order valence-corrected chi connectivity index (χ2v) is 9.70. The van der Waals surface area contributed by atoms with Crippen molar-refractivity contribution in [3.63, 3.8) is 0 Å². The second kappa shape index (κ2) is 6.96. The molecule has 0 radical (unpaired) electrons. The van der Waals surface area contributed by atoms with Crippen molar-refractivity contribution < 1.29 is 13.2 Å². The van der Waals surface area contributed by atoms with Crippen molar-refractivity contribution in [3.8, 4) is 0 Å². The molecule has 2 unspecified atom stereocenters. The van der Waals surface area contributed by atoms with Crippen molar-refractivity contribution in [2.75, 3.05) is 0 Å². The van der Waals surface area contributed by atoms with Crippen LogP contribution in [-0.2, 0) is 5.41 Å². The van der Waals surface area contributed by atoms with Crippen LogP contribution in [0.5, 0.6) is 0 Å². The molecule has 2 aromatic rings. The fraction of sp³-hybridized carbons (Fsp3) is 0.500. The zero-order chi connectivity index (χ0) is 21.9. The predicted octanol–water partition coefficient (Wildman–Crippen LogP) is 7.29. The maximum Gasteiger partial charge on any atom is 0.391 e. The monoisotopic (exact) mass is 413 g/mol. The van der Waals surface area contributed by atoms with Crippen LogP contribution in [0, 0.1) is 27.7 Å². The Morgan fingerprint density at radius 3 is 2.10 bits per heavy atom. The van der Waals surface area contributed by atoms with Gasteiger partial charge in [0, 0.05) is 16.5 Å². The van der Waals surface area contributed by atoms with E-state index in [0.29, 0.717) is 6.42 Å². The highest BCUT2D eigenvalue weighted by Gasteiger charge is 2.58. The summed E-state index contributed by atoms with van der Waals surface area (Å²) in [6.45, 7) is 10.2. The molecule has 2 aliphatic rings. The summed E-state index contributed by atoms with van der Waals surface area (Å²) in [6, 6.07) is 10.4. The maximum atomic E-state index is 13.9. The lowest BCUT2D eigenvalue weighted by Crippen LogP contribution is -2.56. The van der Waals surface area contributed by atoms with E-state index in [1.165, 1.54) is 0 Å². The standard InChI is InChI=1S/C26H30F3N/c1-16-10-17(2)13-20(12-16)23-21-14-18(3)11-19(4)22(21)24(5)8-6-7-9-25(24,30-23)15-26(27,28)29/h10-14H,6-9,15H2,1-5H3. The minimum atomic E-state index is -4.26. The average Bonchev–Trinajstić information content (AvgIpc) is 2.59. The Kier molecular flexibility index (Phi) is 4.91. The molecule has 1 aliphatic heterocycles. The molecule has 30 heavy (non-hydrogen) atoms. The van der Waals surface area contributed by atoms with Crippen molar-refractivity contribution in [3.05, 3.63) is 69.3 Å². The fourth-order valence-electron chi connectivity index (χ4n) is 6.09. The number of fused-ring (bicyclic) bond motifs is 3. The molecule has 1 nitrogen and oxygen atoms in total. The number of benzene rings is 2. The Bertz CT molecular complexity index is 1010. The molecule has 2 atom stereocenters. The first-order valence-corrected chi connectivity index (χ1v) is 10.8. The van der Waals surface area contributed by atoms with Crippen LogP contribution in [0.4, 0.5) is 13.2 Å². The number of aliphatic imine (C=N–C) groups is 1. The predicted molar refractivity (Wildman–Crippen MR) is 117 cm³/mol. The zero-order valence-corrected chi connectivity index (χ0v) is 18.5. The molecule has 0 bridgehead atoms. The number of hydrogen-bond donors (Lipinski definition) is 0. The summed E-state index contributed by atoms with van der Waals surface area (Å²) < 4.78 is 41.7. The van der Waals surface area contributed by atoms with Gasteiger partial charge in [-0.1, -0.05) is 48.6 Å². The summed E-state index contributed by atoms with van der Waals surface area (Å²) in [5, 5.41) is 0. The third kappa shape index (κ3) is 3.38. The molecule has 0 N–H and O–H groups in total. The Balaban J connectivity index is 2.07. The summed E-state index contributed by atoms with van der Waals surface area (Å²) in [7, 11) is 0. The van der Waals surface area contributed by atoms with E-state index in [1.54, 1.807) is 0 Å². The van der Waals surface area contributed by atoms with Gasteiger partial charge in [-0.3, -0.25) is 4.99 Å². The van der Waals surface area contributed by atoms with Gasteiger partial charge in [0.15, 0.2) is 0 Å². The molecule has 4 heteroatoms. The highest BCUT2D eigenvalue weighted by atomic mass is 19.4. The van der Waals surface area contributed by atoms with Gasteiger partial charge in [-0.2, -0.15) is 13.2 Å². The highest BCUT2D eigenvalue weighted by molar-refractivity contribution is 6.15. The van der Waals surface area contributed by atoms with Gasteiger partial charge >= 0.3 is 6.18 Å². The molecule has 160 valence electrons. The second-order valence-electron chi connectivity index (χ2n) is 9.70. The van der Waals surface area contributed by atoms with Crippen LogP contribution in [0.1, 0.15) is 78.0 Å². The molecule has 1 saturated carbocycles. The van der Waals surface area contributed by atoms with Gasteiger partial charge in [-0.15, -0.1) is 0 Å². The van der Waals surface area contributed by atoms with E-state index in [4.69, 9.17) is 4.99 Å².